The summed E-state index contributed by atoms with van der Waals surface area (Å²) in [5.41, 5.74) is 5.26. The van der Waals surface area contributed by atoms with Gasteiger partial charge >= 0.3 is 5.97 Å². The second kappa shape index (κ2) is 5.86. The second-order valence-corrected chi connectivity index (χ2v) is 6.63. The van der Waals surface area contributed by atoms with Gasteiger partial charge < -0.3 is 15.4 Å². The number of carbonyl (C=O) groups excluding carboxylic acids is 2. The lowest BCUT2D eigenvalue weighted by atomic mass is 9.90. The third-order valence-electron chi connectivity index (χ3n) is 4.01. The molecule has 3 rings (SSSR count). The largest absolute Gasteiger partial charge is 0.444 e. The predicted molar refractivity (Wildman–Crippen MR) is 87.6 cm³/mol. The van der Waals surface area contributed by atoms with E-state index in [2.05, 4.69) is 4.98 Å². The molecule has 2 heterocycles. The summed E-state index contributed by atoms with van der Waals surface area (Å²) < 4.78 is 19.4. The van der Waals surface area contributed by atoms with E-state index in [4.69, 9.17) is 10.5 Å². The average Bonchev–Trinajstić information content (AvgIpc) is 3.01. The van der Waals surface area contributed by atoms with Crippen molar-refractivity contribution in [1.29, 1.82) is 0 Å². The van der Waals surface area contributed by atoms with E-state index in [9.17, 15) is 14.0 Å². The maximum atomic E-state index is 14.0. The Kier molecular flexibility index (Phi) is 4.00. The topological polar surface area (TPSA) is 85.5 Å². The lowest BCUT2D eigenvalue weighted by molar-refractivity contribution is -0.167. The monoisotopic (exact) mass is 349 g/mol. The smallest absolute Gasteiger partial charge is 0.304 e. The summed E-state index contributed by atoms with van der Waals surface area (Å²) in [5, 5.41) is -0.375. The zero-order chi connectivity index (χ0) is 17.5. The van der Waals surface area contributed by atoms with E-state index in [1.807, 2.05) is 0 Å². The zero-order valence-electron chi connectivity index (χ0n) is 13.2. The van der Waals surface area contributed by atoms with Gasteiger partial charge in [0.2, 0.25) is 10.7 Å². The molecule has 1 aliphatic rings. The fourth-order valence-electron chi connectivity index (χ4n) is 2.92. The van der Waals surface area contributed by atoms with Crippen LogP contribution in [0.4, 0.5) is 9.52 Å². The van der Waals surface area contributed by atoms with Gasteiger partial charge in [-0.2, -0.15) is 4.39 Å². The quantitative estimate of drug-likeness (QED) is 0.858. The molecule has 126 valence electrons. The van der Waals surface area contributed by atoms with E-state index < -0.39 is 16.7 Å². The first-order valence-corrected chi connectivity index (χ1v) is 8.13. The van der Waals surface area contributed by atoms with Crippen molar-refractivity contribution in [2.45, 2.75) is 18.9 Å². The van der Waals surface area contributed by atoms with Crippen molar-refractivity contribution in [3.63, 3.8) is 0 Å². The number of ether oxygens (including phenoxy) is 1. The zero-order valence-corrected chi connectivity index (χ0v) is 14.0. The number of anilines is 1. The Morgan fingerprint density at radius 2 is 2.25 bits per heavy atom. The normalized spacial score (nSPS) is 20.5. The Labute approximate surface area is 142 Å². The molecule has 2 aromatic rings. The molecule has 2 N–H and O–H groups in total. The number of hydrogen-bond donors (Lipinski definition) is 1. The van der Waals surface area contributed by atoms with E-state index in [0.29, 0.717) is 24.1 Å². The van der Waals surface area contributed by atoms with Crippen molar-refractivity contribution in [2.75, 3.05) is 19.3 Å². The summed E-state index contributed by atoms with van der Waals surface area (Å²) in [4.78, 5) is 29.7. The first-order chi connectivity index (χ1) is 11.3. The van der Waals surface area contributed by atoms with E-state index in [0.717, 1.165) is 11.3 Å². The Morgan fingerprint density at radius 3 is 2.79 bits per heavy atom. The molecule has 1 aliphatic heterocycles. The number of likely N-dealkylation sites (tertiary alicyclic amines) is 1. The van der Waals surface area contributed by atoms with Crippen LogP contribution in [0.5, 0.6) is 0 Å². The maximum absolute atomic E-state index is 14.0. The lowest BCUT2D eigenvalue weighted by Crippen LogP contribution is -2.40. The SMILES string of the molecule is CC(=O)OC1(c2cccc(-c3nc(N)sc3F)c2)CCN(C)C1=O. The summed E-state index contributed by atoms with van der Waals surface area (Å²) in [6.07, 6.45) is 0.340. The molecule has 1 aromatic carbocycles. The number of aromatic nitrogens is 1. The fraction of sp³-hybridized carbons (Fsp3) is 0.312. The van der Waals surface area contributed by atoms with Gasteiger partial charge in [0.05, 0.1) is 0 Å². The number of amides is 1. The van der Waals surface area contributed by atoms with Crippen LogP contribution in [0.25, 0.3) is 11.3 Å². The van der Waals surface area contributed by atoms with Gasteiger partial charge in [-0.3, -0.25) is 9.59 Å². The minimum Gasteiger partial charge on any atom is -0.444 e. The summed E-state index contributed by atoms with van der Waals surface area (Å²) in [6, 6.07) is 6.66. The number of thiazole rings is 1. The summed E-state index contributed by atoms with van der Waals surface area (Å²) in [5.74, 6) is -0.846. The van der Waals surface area contributed by atoms with Crippen molar-refractivity contribution in [1.82, 2.24) is 9.88 Å². The van der Waals surface area contributed by atoms with Gasteiger partial charge in [-0.25, -0.2) is 4.98 Å². The molecule has 0 radical (unpaired) electrons. The van der Waals surface area contributed by atoms with E-state index in [-0.39, 0.29) is 16.7 Å². The highest BCUT2D eigenvalue weighted by Crippen LogP contribution is 2.39. The van der Waals surface area contributed by atoms with Crippen LogP contribution in [0.1, 0.15) is 18.9 Å². The molecule has 1 aromatic heterocycles. The molecular weight excluding hydrogens is 333 g/mol. The first kappa shape index (κ1) is 16.4. The Bertz CT molecular complexity index is 823. The van der Waals surface area contributed by atoms with Crippen molar-refractivity contribution in [3.8, 4) is 11.3 Å². The van der Waals surface area contributed by atoms with Crippen LogP contribution in [-0.2, 0) is 19.9 Å². The molecule has 0 bridgehead atoms. The summed E-state index contributed by atoms with van der Waals surface area (Å²) in [6.45, 7) is 1.73. The van der Waals surface area contributed by atoms with E-state index in [1.165, 1.54) is 11.8 Å². The molecule has 0 aliphatic carbocycles. The Hall–Kier alpha value is -2.48. The fourth-order valence-corrected chi connectivity index (χ4v) is 3.50. The predicted octanol–water partition coefficient (Wildman–Crippen LogP) is 2.15. The number of benzene rings is 1. The maximum Gasteiger partial charge on any atom is 0.304 e. The number of likely N-dealkylation sites (N-methyl/N-ethyl adjacent to an activating group) is 1. The molecule has 1 saturated heterocycles. The minimum atomic E-state index is -1.38. The van der Waals surface area contributed by atoms with Gasteiger partial charge in [-0.1, -0.05) is 29.5 Å². The molecular formula is C16H16FN3O3S. The van der Waals surface area contributed by atoms with Crippen LogP contribution in [0, 0.1) is 5.13 Å². The molecule has 1 unspecified atom stereocenters. The molecule has 24 heavy (non-hydrogen) atoms. The molecule has 6 nitrogen and oxygen atoms in total. The molecule has 8 heteroatoms. The molecule has 1 amide bonds. The highest BCUT2D eigenvalue weighted by molar-refractivity contribution is 7.14. The molecule has 0 saturated carbocycles. The van der Waals surface area contributed by atoms with Crippen molar-refractivity contribution >= 4 is 28.3 Å². The highest BCUT2D eigenvalue weighted by atomic mass is 32.1. The van der Waals surface area contributed by atoms with Gasteiger partial charge in [0, 0.05) is 38.1 Å². The molecule has 1 fully saturated rings. The molecule has 1 atom stereocenters. The number of carbonyl (C=O) groups is 2. The Balaban J connectivity index is 2.10. The van der Waals surface area contributed by atoms with Crippen LogP contribution >= 0.6 is 11.3 Å². The number of nitrogens with zero attached hydrogens (tertiary/aromatic N) is 2. The highest BCUT2D eigenvalue weighted by Gasteiger charge is 2.50. The summed E-state index contributed by atoms with van der Waals surface area (Å²) >= 11 is 0.752. The number of nitrogen functional groups attached to an aromatic ring is 1. The lowest BCUT2D eigenvalue weighted by Gasteiger charge is -2.27. The van der Waals surface area contributed by atoms with E-state index in [1.54, 1.807) is 31.3 Å². The number of esters is 1. The van der Waals surface area contributed by atoms with Crippen molar-refractivity contribution in [2.24, 2.45) is 0 Å². The number of nitrogens with two attached hydrogens (primary N) is 1. The number of halogens is 1. The standard InChI is InChI=1S/C16H16FN3O3S/c1-9(21)23-16(6-7-20(2)14(16)22)11-5-3-4-10(8-11)12-13(17)24-15(18)19-12/h3-5,8H,6-7H2,1-2H3,(H2,18,19). The minimum absolute atomic E-state index is 0.121. The van der Waals surface area contributed by atoms with Gasteiger partial charge in [0.1, 0.15) is 5.69 Å². The van der Waals surface area contributed by atoms with E-state index >= 15 is 0 Å². The third-order valence-corrected chi connectivity index (χ3v) is 4.69. The van der Waals surface area contributed by atoms with Crippen molar-refractivity contribution in [3.05, 3.63) is 35.0 Å². The van der Waals surface area contributed by atoms with Gasteiger partial charge in [-0.05, 0) is 6.07 Å². The van der Waals surface area contributed by atoms with Crippen LogP contribution in [0.2, 0.25) is 0 Å². The first-order valence-electron chi connectivity index (χ1n) is 7.31. The average molecular weight is 349 g/mol. The van der Waals surface area contributed by atoms with Crippen LogP contribution in [-0.4, -0.2) is 35.4 Å². The third kappa shape index (κ3) is 2.62. The van der Waals surface area contributed by atoms with Gasteiger partial charge in [0.25, 0.3) is 5.91 Å². The second-order valence-electron chi connectivity index (χ2n) is 5.65. The summed E-state index contributed by atoms with van der Waals surface area (Å²) in [7, 11) is 1.65. The Morgan fingerprint density at radius 1 is 1.50 bits per heavy atom. The molecule has 0 spiro atoms. The van der Waals surface area contributed by atoms with Gasteiger partial charge in [-0.15, -0.1) is 0 Å². The van der Waals surface area contributed by atoms with Gasteiger partial charge in [0.15, 0.2) is 5.13 Å². The van der Waals surface area contributed by atoms with Crippen LogP contribution in [0.3, 0.4) is 0 Å². The number of hydrogen-bond acceptors (Lipinski definition) is 6. The number of rotatable bonds is 3. The van der Waals surface area contributed by atoms with Crippen LogP contribution < -0.4 is 5.73 Å². The van der Waals surface area contributed by atoms with Crippen LogP contribution in [0.15, 0.2) is 24.3 Å². The van der Waals surface area contributed by atoms with Crippen molar-refractivity contribution < 1.29 is 18.7 Å².